The van der Waals surface area contributed by atoms with E-state index in [1.54, 1.807) is 30.8 Å². The Bertz CT molecular complexity index is 1200. The molecule has 14 heteroatoms. The number of nitro groups is 3. The van der Waals surface area contributed by atoms with Crippen LogP contribution in [0.2, 0.25) is 0 Å². The number of methoxy groups -OCH3 is 1. The van der Waals surface area contributed by atoms with Gasteiger partial charge in [-0.3, -0.25) is 35.1 Å². The minimum Gasteiger partial charge on any atom is -0.496 e. The first-order valence-electron chi connectivity index (χ1n) is 10.5. The number of benzene rings is 2. The maximum atomic E-state index is 13.4. The molecule has 0 aromatic heterocycles. The van der Waals surface area contributed by atoms with Crippen molar-refractivity contribution < 1.29 is 24.3 Å². The molecule has 0 bridgehead atoms. The van der Waals surface area contributed by atoms with Crippen LogP contribution in [0.5, 0.6) is 5.75 Å². The molecule has 2 aromatic rings. The quantitative estimate of drug-likeness (QED) is 0.418. The number of ether oxygens (including phenoxy) is 1. The summed E-state index contributed by atoms with van der Waals surface area (Å²) in [5, 5.41) is 34.1. The zero-order valence-electron chi connectivity index (χ0n) is 19.5. The van der Waals surface area contributed by atoms with Crippen molar-refractivity contribution in [2.75, 3.05) is 50.6 Å². The van der Waals surface area contributed by atoms with E-state index in [1.807, 2.05) is 0 Å². The average Bonchev–Trinajstić information content (AvgIpc) is 2.81. The second-order valence-electron chi connectivity index (χ2n) is 8.17. The van der Waals surface area contributed by atoms with Crippen molar-refractivity contribution in [3.8, 4) is 5.75 Å². The number of nitrogens with zero attached hydrogens (tertiary/aromatic N) is 6. The number of piperazine rings is 1. The predicted octanol–water partition coefficient (Wildman–Crippen LogP) is 2.84. The van der Waals surface area contributed by atoms with Crippen LogP contribution >= 0.6 is 0 Å². The van der Waals surface area contributed by atoms with Gasteiger partial charge in [0.2, 0.25) is 0 Å². The van der Waals surface area contributed by atoms with E-state index in [1.165, 1.54) is 36.3 Å². The van der Waals surface area contributed by atoms with Crippen LogP contribution in [-0.2, 0) is 0 Å². The molecule has 0 saturated carbocycles. The smallest absolute Gasteiger partial charge is 0.299 e. The number of hydrogen-bond donors (Lipinski definition) is 0. The van der Waals surface area contributed by atoms with Gasteiger partial charge in [0.1, 0.15) is 17.1 Å². The Labute approximate surface area is 199 Å². The number of amides is 1. The van der Waals surface area contributed by atoms with Crippen LogP contribution in [0.25, 0.3) is 0 Å². The fraction of sp³-hybridized carbons (Fsp3) is 0.381. The third kappa shape index (κ3) is 4.90. The second-order valence-corrected chi connectivity index (χ2v) is 8.17. The molecule has 14 nitrogen and oxygen atoms in total. The Morgan fingerprint density at radius 1 is 1.00 bits per heavy atom. The Hall–Kier alpha value is -4.49. The summed E-state index contributed by atoms with van der Waals surface area (Å²) in [6.45, 7) is 2.34. The van der Waals surface area contributed by atoms with Crippen LogP contribution in [0.4, 0.5) is 28.4 Å². The molecule has 1 heterocycles. The Morgan fingerprint density at radius 2 is 1.66 bits per heavy atom. The van der Waals surface area contributed by atoms with Crippen LogP contribution in [0, 0.1) is 30.3 Å². The molecule has 0 radical (unpaired) electrons. The summed E-state index contributed by atoms with van der Waals surface area (Å²) in [4.78, 5) is 50.3. The van der Waals surface area contributed by atoms with Gasteiger partial charge in [0, 0.05) is 58.0 Å². The topological polar surface area (TPSA) is 165 Å². The minimum atomic E-state index is -0.704. The maximum absolute atomic E-state index is 13.4. The average molecular weight is 488 g/mol. The van der Waals surface area contributed by atoms with Crippen molar-refractivity contribution in [3.05, 3.63) is 66.2 Å². The maximum Gasteiger partial charge on any atom is 0.299 e. The van der Waals surface area contributed by atoms with Crippen LogP contribution in [0.15, 0.2) is 30.3 Å². The molecule has 1 aliphatic heterocycles. The summed E-state index contributed by atoms with van der Waals surface area (Å²) < 4.78 is 5.34. The molecule has 1 unspecified atom stereocenters. The molecule has 0 spiro atoms. The van der Waals surface area contributed by atoms with Crippen molar-refractivity contribution in [1.82, 2.24) is 4.90 Å². The first-order valence-corrected chi connectivity index (χ1v) is 10.5. The summed E-state index contributed by atoms with van der Waals surface area (Å²) in [6, 6.07) is 5.63. The number of non-ortho nitro benzene ring substituents is 1. The highest BCUT2D eigenvalue weighted by molar-refractivity contribution is 5.99. The van der Waals surface area contributed by atoms with Crippen molar-refractivity contribution >= 4 is 34.3 Å². The van der Waals surface area contributed by atoms with Crippen LogP contribution in [-0.4, -0.2) is 72.5 Å². The van der Waals surface area contributed by atoms with Gasteiger partial charge >= 0.3 is 0 Å². The van der Waals surface area contributed by atoms with Crippen molar-refractivity contribution in [3.63, 3.8) is 0 Å². The monoisotopic (exact) mass is 488 g/mol. The molecule has 1 saturated heterocycles. The lowest BCUT2D eigenvalue weighted by molar-refractivity contribution is -0.393. The largest absolute Gasteiger partial charge is 0.496 e. The lowest BCUT2D eigenvalue weighted by atomic mass is 10.1. The van der Waals surface area contributed by atoms with Gasteiger partial charge in [-0.25, -0.2) is 0 Å². The molecule has 186 valence electrons. The van der Waals surface area contributed by atoms with E-state index >= 15 is 0 Å². The van der Waals surface area contributed by atoms with E-state index in [9.17, 15) is 35.1 Å². The summed E-state index contributed by atoms with van der Waals surface area (Å²) in [7, 11) is 4.65. The highest BCUT2D eigenvalue weighted by Gasteiger charge is 2.34. The van der Waals surface area contributed by atoms with E-state index in [4.69, 9.17) is 4.74 Å². The van der Waals surface area contributed by atoms with Gasteiger partial charge in [0.25, 0.3) is 23.0 Å². The van der Waals surface area contributed by atoms with Gasteiger partial charge in [-0.15, -0.1) is 0 Å². The zero-order valence-corrected chi connectivity index (χ0v) is 19.5. The van der Waals surface area contributed by atoms with Gasteiger partial charge in [0.15, 0.2) is 0 Å². The Kier molecular flexibility index (Phi) is 7.03. The number of carbonyl (C=O) groups excluding carboxylic acids is 1. The van der Waals surface area contributed by atoms with Gasteiger partial charge in [-0.05, 0) is 13.0 Å². The third-order valence-electron chi connectivity index (χ3n) is 5.80. The molecular weight excluding hydrogens is 464 g/mol. The first kappa shape index (κ1) is 25.1. The summed E-state index contributed by atoms with van der Waals surface area (Å²) >= 11 is 0. The third-order valence-corrected chi connectivity index (χ3v) is 5.80. The SMILES string of the molecule is COc1cc(N(C)C)c([N+](=O)[O-])cc1C(=O)N1CCN(c2ccc([N+](=O)[O-])cc2[N+](=O)[O-])CC1C. The van der Waals surface area contributed by atoms with E-state index in [0.717, 1.165) is 6.07 Å². The first-order chi connectivity index (χ1) is 16.5. The van der Waals surface area contributed by atoms with E-state index in [-0.39, 0.29) is 48.0 Å². The molecule has 1 amide bonds. The van der Waals surface area contributed by atoms with Gasteiger partial charge < -0.3 is 19.4 Å². The summed E-state index contributed by atoms with van der Waals surface area (Å²) in [6.07, 6.45) is 0. The number of nitro benzene ring substituents is 3. The van der Waals surface area contributed by atoms with Gasteiger partial charge in [-0.1, -0.05) is 0 Å². The van der Waals surface area contributed by atoms with Gasteiger partial charge in [0.05, 0.1) is 33.5 Å². The number of hydrogen-bond acceptors (Lipinski definition) is 10. The minimum absolute atomic E-state index is 0.0337. The molecular formula is C21H24N6O8. The Balaban J connectivity index is 1.90. The van der Waals surface area contributed by atoms with E-state index in [0.29, 0.717) is 0 Å². The molecule has 3 rings (SSSR count). The van der Waals surface area contributed by atoms with Crippen molar-refractivity contribution in [1.29, 1.82) is 0 Å². The number of rotatable bonds is 7. The van der Waals surface area contributed by atoms with Crippen molar-refractivity contribution in [2.45, 2.75) is 13.0 Å². The van der Waals surface area contributed by atoms with Gasteiger partial charge in [-0.2, -0.15) is 0 Å². The number of carbonyl (C=O) groups is 1. The molecule has 1 aliphatic rings. The Morgan fingerprint density at radius 3 is 2.17 bits per heavy atom. The van der Waals surface area contributed by atoms with E-state index < -0.39 is 38.1 Å². The lowest BCUT2D eigenvalue weighted by Crippen LogP contribution is -2.54. The second kappa shape index (κ2) is 9.79. The van der Waals surface area contributed by atoms with Crippen LogP contribution < -0.4 is 14.5 Å². The molecule has 0 aliphatic carbocycles. The highest BCUT2D eigenvalue weighted by Crippen LogP contribution is 2.37. The fourth-order valence-corrected chi connectivity index (χ4v) is 4.07. The van der Waals surface area contributed by atoms with Crippen LogP contribution in [0.1, 0.15) is 17.3 Å². The summed E-state index contributed by atoms with van der Waals surface area (Å²) in [5.74, 6) is -0.287. The fourth-order valence-electron chi connectivity index (χ4n) is 4.07. The predicted molar refractivity (Wildman–Crippen MR) is 126 cm³/mol. The molecule has 1 fully saturated rings. The zero-order chi connectivity index (χ0) is 26.0. The summed E-state index contributed by atoms with van der Waals surface area (Å²) in [5.41, 5.74) is -0.506. The molecule has 0 N–H and O–H groups in total. The molecule has 2 aromatic carbocycles. The molecule has 35 heavy (non-hydrogen) atoms. The molecule has 1 atom stereocenters. The highest BCUT2D eigenvalue weighted by atomic mass is 16.6. The number of anilines is 2. The standard InChI is InChI=1S/C21H24N6O8/c1-13-12-23(16-6-5-14(25(29)30)9-18(16)26(31)32)7-8-24(13)21(28)15-10-19(27(33)34)17(22(2)3)11-20(15)35-4/h5-6,9-11,13H,7-8,12H2,1-4H3. The van der Waals surface area contributed by atoms with Crippen LogP contribution in [0.3, 0.4) is 0 Å². The van der Waals surface area contributed by atoms with Crippen molar-refractivity contribution in [2.24, 2.45) is 0 Å². The lowest BCUT2D eigenvalue weighted by Gasteiger charge is -2.40. The normalized spacial score (nSPS) is 15.5. The van der Waals surface area contributed by atoms with E-state index in [2.05, 4.69) is 0 Å².